The lowest BCUT2D eigenvalue weighted by molar-refractivity contribution is 0.230. The second-order valence-electron chi connectivity index (χ2n) is 5.23. The van der Waals surface area contributed by atoms with E-state index in [-0.39, 0.29) is 5.92 Å². The van der Waals surface area contributed by atoms with Crippen LogP contribution >= 0.6 is 11.6 Å². The third kappa shape index (κ3) is 1.98. The summed E-state index contributed by atoms with van der Waals surface area (Å²) in [5.74, 6) is 0.161. The number of fused-ring (bicyclic) bond motifs is 1. The maximum atomic E-state index is 8.85. The van der Waals surface area contributed by atoms with Crippen LogP contribution in [0, 0.1) is 17.2 Å². The van der Waals surface area contributed by atoms with Crippen molar-refractivity contribution in [2.75, 3.05) is 0 Å². The molecule has 3 heterocycles. The fourth-order valence-corrected chi connectivity index (χ4v) is 2.86. The van der Waals surface area contributed by atoms with Crippen LogP contribution in [0.2, 0.25) is 5.15 Å². The predicted molar refractivity (Wildman–Crippen MR) is 76.6 cm³/mol. The van der Waals surface area contributed by atoms with E-state index in [0.29, 0.717) is 11.2 Å². The van der Waals surface area contributed by atoms with Crippen LogP contribution in [0.15, 0.2) is 30.9 Å². The number of nitriles is 1. The molecule has 0 N–H and O–H groups in total. The summed E-state index contributed by atoms with van der Waals surface area (Å²) in [5.41, 5.74) is 2.56. The molecular formula is C14H11ClN6. The molecular weight excluding hydrogens is 288 g/mol. The van der Waals surface area contributed by atoms with Gasteiger partial charge in [-0.2, -0.15) is 15.5 Å². The van der Waals surface area contributed by atoms with Crippen LogP contribution in [-0.4, -0.2) is 24.4 Å². The van der Waals surface area contributed by atoms with Gasteiger partial charge in [-0.1, -0.05) is 11.6 Å². The highest BCUT2D eigenvalue weighted by atomic mass is 35.5. The van der Waals surface area contributed by atoms with E-state index < -0.39 is 0 Å². The van der Waals surface area contributed by atoms with Crippen molar-refractivity contribution < 1.29 is 0 Å². The summed E-state index contributed by atoms with van der Waals surface area (Å²) >= 11 is 6.04. The zero-order valence-corrected chi connectivity index (χ0v) is 11.8. The largest absolute Gasteiger partial charge is 0.269 e. The molecule has 1 aliphatic rings. The molecule has 3 aromatic heterocycles. The first kappa shape index (κ1) is 12.4. The van der Waals surface area contributed by atoms with E-state index in [0.717, 1.165) is 29.6 Å². The molecule has 0 spiro atoms. The number of rotatable bonds is 2. The molecule has 1 fully saturated rings. The van der Waals surface area contributed by atoms with Gasteiger partial charge in [-0.3, -0.25) is 4.68 Å². The molecule has 4 rings (SSSR count). The third-order valence-corrected chi connectivity index (χ3v) is 4.09. The summed E-state index contributed by atoms with van der Waals surface area (Å²) in [6.07, 6.45) is 8.86. The van der Waals surface area contributed by atoms with Gasteiger partial charge in [0.05, 0.1) is 42.1 Å². The van der Waals surface area contributed by atoms with Crippen molar-refractivity contribution in [2.24, 2.45) is 5.92 Å². The molecule has 0 aromatic carbocycles. The first-order valence-electron chi connectivity index (χ1n) is 6.68. The first-order chi connectivity index (χ1) is 10.2. The Kier molecular flexibility index (Phi) is 2.69. The van der Waals surface area contributed by atoms with Crippen LogP contribution in [0.5, 0.6) is 0 Å². The van der Waals surface area contributed by atoms with Crippen LogP contribution in [0.3, 0.4) is 0 Å². The summed E-state index contributed by atoms with van der Waals surface area (Å²) in [5, 5.41) is 17.8. The van der Waals surface area contributed by atoms with Gasteiger partial charge in [0.1, 0.15) is 10.8 Å². The molecule has 7 heteroatoms. The molecule has 0 bridgehead atoms. The van der Waals surface area contributed by atoms with Crippen LogP contribution in [0.4, 0.5) is 0 Å². The molecule has 6 nitrogen and oxygen atoms in total. The molecule has 0 saturated heterocycles. The summed E-state index contributed by atoms with van der Waals surface area (Å²) < 4.78 is 3.62. The average molecular weight is 299 g/mol. The van der Waals surface area contributed by atoms with E-state index in [2.05, 4.69) is 21.3 Å². The van der Waals surface area contributed by atoms with Gasteiger partial charge in [-0.15, -0.1) is 0 Å². The zero-order chi connectivity index (χ0) is 14.4. The molecule has 1 saturated carbocycles. The van der Waals surface area contributed by atoms with E-state index in [1.54, 1.807) is 23.1 Å². The molecule has 3 aromatic rings. The lowest BCUT2D eigenvalue weighted by Gasteiger charge is -2.30. The Morgan fingerprint density at radius 2 is 2.14 bits per heavy atom. The fourth-order valence-electron chi connectivity index (χ4n) is 2.68. The lowest BCUT2D eigenvalue weighted by Crippen LogP contribution is -2.25. The van der Waals surface area contributed by atoms with Crippen molar-refractivity contribution in [1.82, 2.24) is 24.4 Å². The maximum Gasteiger partial charge on any atom is 0.148 e. The van der Waals surface area contributed by atoms with Crippen molar-refractivity contribution in [3.8, 4) is 17.3 Å². The minimum atomic E-state index is 0.161. The van der Waals surface area contributed by atoms with Gasteiger partial charge in [-0.05, 0) is 18.9 Å². The lowest BCUT2D eigenvalue weighted by atomic mass is 9.81. The fraction of sp³-hybridized carbons (Fsp3) is 0.286. The van der Waals surface area contributed by atoms with Crippen LogP contribution < -0.4 is 0 Å². The normalized spacial score (nSPS) is 21.1. The predicted octanol–water partition coefficient (Wildman–Crippen LogP) is 2.72. The molecule has 1 aliphatic carbocycles. The number of halogens is 1. The van der Waals surface area contributed by atoms with Gasteiger partial charge in [0.15, 0.2) is 0 Å². The molecule has 21 heavy (non-hydrogen) atoms. The first-order valence-corrected chi connectivity index (χ1v) is 7.06. The van der Waals surface area contributed by atoms with Crippen molar-refractivity contribution in [2.45, 2.75) is 18.9 Å². The van der Waals surface area contributed by atoms with Crippen molar-refractivity contribution in [1.29, 1.82) is 5.26 Å². The highest BCUT2D eigenvalue weighted by Crippen LogP contribution is 2.37. The van der Waals surface area contributed by atoms with Crippen LogP contribution in [0.1, 0.15) is 18.9 Å². The van der Waals surface area contributed by atoms with E-state index >= 15 is 0 Å². The number of hydrogen-bond acceptors (Lipinski definition) is 4. The van der Waals surface area contributed by atoms with Crippen LogP contribution in [-0.2, 0) is 0 Å². The second kappa shape index (κ2) is 4.57. The topological polar surface area (TPSA) is 71.8 Å². The minimum Gasteiger partial charge on any atom is -0.269 e. The smallest absolute Gasteiger partial charge is 0.148 e. The van der Waals surface area contributed by atoms with Gasteiger partial charge in [0.2, 0.25) is 0 Å². The second-order valence-corrected chi connectivity index (χ2v) is 5.62. The van der Waals surface area contributed by atoms with Crippen LogP contribution in [0.25, 0.3) is 16.8 Å². The quantitative estimate of drug-likeness (QED) is 0.729. The summed E-state index contributed by atoms with van der Waals surface area (Å²) in [4.78, 5) is 4.39. The highest BCUT2D eigenvalue weighted by molar-refractivity contribution is 6.29. The van der Waals surface area contributed by atoms with Gasteiger partial charge in [0.25, 0.3) is 0 Å². The Morgan fingerprint density at radius 1 is 1.29 bits per heavy atom. The molecule has 0 unspecified atom stereocenters. The summed E-state index contributed by atoms with van der Waals surface area (Å²) in [6, 6.07) is 4.49. The van der Waals surface area contributed by atoms with Gasteiger partial charge in [0, 0.05) is 11.8 Å². The summed E-state index contributed by atoms with van der Waals surface area (Å²) in [7, 11) is 0. The Hall–Kier alpha value is -2.39. The average Bonchev–Trinajstić information content (AvgIpc) is 3.05. The summed E-state index contributed by atoms with van der Waals surface area (Å²) in [6.45, 7) is 0. The Bertz CT molecular complexity index is 852. The third-order valence-electron chi connectivity index (χ3n) is 3.91. The molecule has 104 valence electrons. The maximum absolute atomic E-state index is 8.85. The molecule has 0 amide bonds. The van der Waals surface area contributed by atoms with E-state index in [1.807, 2.05) is 16.9 Å². The molecule has 0 aliphatic heterocycles. The van der Waals surface area contributed by atoms with E-state index in [9.17, 15) is 0 Å². The van der Waals surface area contributed by atoms with E-state index in [1.165, 1.54) is 0 Å². The molecule has 0 radical (unpaired) electrons. The monoisotopic (exact) mass is 298 g/mol. The van der Waals surface area contributed by atoms with Gasteiger partial charge < -0.3 is 0 Å². The van der Waals surface area contributed by atoms with Gasteiger partial charge >= 0.3 is 0 Å². The van der Waals surface area contributed by atoms with Gasteiger partial charge in [-0.25, -0.2) is 9.50 Å². The zero-order valence-electron chi connectivity index (χ0n) is 11.0. The SMILES string of the molecule is N#CC1CC(n2cc(-c3nc(Cl)cn4nccc34)cn2)C1. The van der Waals surface area contributed by atoms with Crippen molar-refractivity contribution >= 4 is 17.1 Å². The molecule has 0 atom stereocenters. The number of aromatic nitrogens is 5. The number of nitrogens with zero attached hydrogens (tertiary/aromatic N) is 6. The Morgan fingerprint density at radius 3 is 2.95 bits per heavy atom. The Labute approximate surface area is 125 Å². The number of hydrogen-bond donors (Lipinski definition) is 0. The van der Waals surface area contributed by atoms with Crippen molar-refractivity contribution in [3.05, 3.63) is 36.0 Å². The Balaban J connectivity index is 1.72. The highest BCUT2D eigenvalue weighted by Gasteiger charge is 2.31. The minimum absolute atomic E-state index is 0.161. The van der Waals surface area contributed by atoms with E-state index in [4.69, 9.17) is 16.9 Å². The van der Waals surface area contributed by atoms with Crippen molar-refractivity contribution in [3.63, 3.8) is 0 Å². The standard InChI is InChI=1S/C14H11ClN6/c15-13-8-21-12(1-2-17-21)14(19-13)10-6-18-20(7-10)11-3-9(4-11)5-16/h1-2,6-9,11H,3-4H2.